The molecule has 1 saturated heterocycles. The molecule has 1 unspecified atom stereocenters. The highest BCUT2D eigenvalue weighted by Crippen LogP contribution is 2.27. The van der Waals surface area contributed by atoms with E-state index < -0.39 is 0 Å². The first-order valence-electron chi connectivity index (χ1n) is 4.82. The molecule has 0 aromatic heterocycles. The average molecular weight is 227 g/mol. The van der Waals surface area contributed by atoms with E-state index in [1.165, 1.54) is 38.8 Å². The highest BCUT2D eigenvalue weighted by molar-refractivity contribution is 5.85. The maximum Gasteiger partial charge on any atom is 0.0180 e. The van der Waals surface area contributed by atoms with Gasteiger partial charge in [0.2, 0.25) is 0 Å². The van der Waals surface area contributed by atoms with Crippen LogP contribution in [0, 0.1) is 5.92 Å². The van der Waals surface area contributed by atoms with Crippen molar-refractivity contribution < 1.29 is 0 Å². The second-order valence-corrected chi connectivity index (χ2v) is 4.11. The molecule has 2 aliphatic rings. The molecule has 1 atom stereocenters. The molecule has 1 aliphatic carbocycles. The SMILES string of the molecule is Cl.Cl.NC1CCN(CC2CCC2)C1. The van der Waals surface area contributed by atoms with Gasteiger partial charge in [-0.3, -0.25) is 0 Å². The van der Waals surface area contributed by atoms with Crippen LogP contribution in [0.15, 0.2) is 0 Å². The first kappa shape index (κ1) is 13.5. The molecule has 0 radical (unpaired) electrons. The number of hydrogen-bond donors (Lipinski definition) is 1. The standard InChI is InChI=1S/C9H18N2.2ClH/c10-9-4-5-11(7-9)6-8-2-1-3-8;;/h8-9H,1-7,10H2;2*1H. The summed E-state index contributed by atoms with van der Waals surface area (Å²) in [6.45, 7) is 3.72. The lowest BCUT2D eigenvalue weighted by Gasteiger charge is -2.29. The van der Waals surface area contributed by atoms with Gasteiger partial charge < -0.3 is 10.6 Å². The number of likely N-dealkylation sites (tertiary alicyclic amines) is 1. The van der Waals surface area contributed by atoms with E-state index in [0.717, 1.165) is 12.5 Å². The fourth-order valence-electron chi connectivity index (χ4n) is 2.07. The second kappa shape index (κ2) is 6.07. The van der Waals surface area contributed by atoms with Gasteiger partial charge in [0.15, 0.2) is 0 Å². The molecule has 0 amide bonds. The van der Waals surface area contributed by atoms with Crippen molar-refractivity contribution in [3.63, 3.8) is 0 Å². The molecule has 2 nitrogen and oxygen atoms in total. The van der Waals surface area contributed by atoms with E-state index in [9.17, 15) is 0 Å². The molecule has 80 valence electrons. The minimum atomic E-state index is 0. The van der Waals surface area contributed by atoms with Crippen molar-refractivity contribution >= 4 is 24.8 Å². The molecule has 1 saturated carbocycles. The highest BCUT2D eigenvalue weighted by Gasteiger charge is 2.24. The molecule has 2 N–H and O–H groups in total. The lowest BCUT2D eigenvalue weighted by Crippen LogP contribution is -2.33. The molecule has 2 rings (SSSR count). The third kappa shape index (κ3) is 3.62. The normalized spacial score (nSPS) is 28.8. The predicted octanol–water partition coefficient (Wildman–Crippen LogP) is 1.66. The van der Waals surface area contributed by atoms with Gasteiger partial charge in [-0.25, -0.2) is 0 Å². The van der Waals surface area contributed by atoms with Crippen LogP contribution < -0.4 is 5.73 Å². The van der Waals surface area contributed by atoms with Crippen LogP contribution in [0.3, 0.4) is 0 Å². The van der Waals surface area contributed by atoms with Gasteiger partial charge in [-0.15, -0.1) is 24.8 Å². The summed E-state index contributed by atoms with van der Waals surface area (Å²) in [4.78, 5) is 2.54. The van der Waals surface area contributed by atoms with Crippen LogP contribution in [0.25, 0.3) is 0 Å². The second-order valence-electron chi connectivity index (χ2n) is 4.11. The van der Waals surface area contributed by atoms with Gasteiger partial charge in [0.05, 0.1) is 0 Å². The Morgan fingerprint density at radius 2 is 1.85 bits per heavy atom. The third-order valence-corrected chi connectivity index (χ3v) is 3.05. The van der Waals surface area contributed by atoms with Crippen LogP contribution in [0.1, 0.15) is 25.7 Å². The largest absolute Gasteiger partial charge is 0.326 e. The first-order chi connectivity index (χ1) is 5.34. The number of halogens is 2. The molecule has 0 spiro atoms. The topological polar surface area (TPSA) is 29.3 Å². The van der Waals surface area contributed by atoms with Gasteiger partial charge in [0.1, 0.15) is 0 Å². The van der Waals surface area contributed by atoms with Gasteiger partial charge in [0.25, 0.3) is 0 Å². The van der Waals surface area contributed by atoms with Gasteiger partial charge in [-0.05, 0) is 31.7 Å². The van der Waals surface area contributed by atoms with E-state index in [1.807, 2.05) is 0 Å². The molecule has 0 aromatic rings. The summed E-state index contributed by atoms with van der Waals surface area (Å²) < 4.78 is 0. The van der Waals surface area contributed by atoms with Crippen LogP contribution in [-0.4, -0.2) is 30.6 Å². The predicted molar refractivity (Wildman–Crippen MR) is 60.9 cm³/mol. The number of nitrogens with zero attached hydrogens (tertiary/aromatic N) is 1. The van der Waals surface area contributed by atoms with E-state index >= 15 is 0 Å². The fraction of sp³-hybridized carbons (Fsp3) is 1.00. The van der Waals surface area contributed by atoms with Crippen molar-refractivity contribution in [1.82, 2.24) is 4.90 Å². The summed E-state index contributed by atoms with van der Waals surface area (Å²) in [6, 6.07) is 0.468. The summed E-state index contributed by atoms with van der Waals surface area (Å²) in [5, 5.41) is 0. The van der Waals surface area contributed by atoms with Gasteiger partial charge in [-0.2, -0.15) is 0 Å². The molecule has 2 fully saturated rings. The van der Waals surface area contributed by atoms with Crippen molar-refractivity contribution in [3.8, 4) is 0 Å². The van der Waals surface area contributed by atoms with E-state index in [2.05, 4.69) is 4.90 Å². The maximum absolute atomic E-state index is 5.82. The summed E-state index contributed by atoms with van der Waals surface area (Å²) in [5.74, 6) is 1.01. The van der Waals surface area contributed by atoms with Crippen molar-refractivity contribution in [2.45, 2.75) is 31.7 Å². The Morgan fingerprint density at radius 3 is 2.23 bits per heavy atom. The Bertz CT molecular complexity index is 140. The summed E-state index contributed by atoms with van der Waals surface area (Å²) >= 11 is 0. The number of rotatable bonds is 2. The maximum atomic E-state index is 5.82. The quantitative estimate of drug-likeness (QED) is 0.777. The lowest BCUT2D eigenvalue weighted by molar-refractivity contribution is 0.204. The molecule has 13 heavy (non-hydrogen) atoms. The zero-order valence-corrected chi connectivity index (χ0v) is 9.58. The van der Waals surface area contributed by atoms with E-state index in [1.54, 1.807) is 0 Å². The summed E-state index contributed by atoms with van der Waals surface area (Å²) in [7, 11) is 0. The Kier molecular flexibility index (Phi) is 6.31. The average Bonchev–Trinajstić information content (AvgIpc) is 2.27. The number of nitrogens with two attached hydrogens (primary N) is 1. The highest BCUT2D eigenvalue weighted by atomic mass is 35.5. The van der Waals surface area contributed by atoms with Crippen molar-refractivity contribution in [3.05, 3.63) is 0 Å². The Balaban J connectivity index is 0.000000720. The first-order valence-corrected chi connectivity index (χ1v) is 4.82. The third-order valence-electron chi connectivity index (χ3n) is 3.05. The Morgan fingerprint density at radius 1 is 1.15 bits per heavy atom. The zero-order valence-electron chi connectivity index (χ0n) is 7.95. The monoisotopic (exact) mass is 226 g/mol. The molecule has 1 heterocycles. The molecule has 0 aromatic carbocycles. The van der Waals surface area contributed by atoms with E-state index in [0.29, 0.717) is 6.04 Å². The van der Waals surface area contributed by atoms with Crippen LogP contribution in [0.2, 0.25) is 0 Å². The minimum absolute atomic E-state index is 0. The van der Waals surface area contributed by atoms with Gasteiger partial charge in [0, 0.05) is 19.1 Å². The Labute approximate surface area is 93.1 Å². The van der Waals surface area contributed by atoms with Crippen molar-refractivity contribution in [1.29, 1.82) is 0 Å². The van der Waals surface area contributed by atoms with Gasteiger partial charge in [-0.1, -0.05) is 6.42 Å². The summed E-state index contributed by atoms with van der Waals surface area (Å²) in [5.41, 5.74) is 5.82. The molecule has 4 heteroatoms. The fourth-order valence-corrected chi connectivity index (χ4v) is 2.07. The zero-order chi connectivity index (χ0) is 7.68. The van der Waals surface area contributed by atoms with Gasteiger partial charge >= 0.3 is 0 Å². The van der Waals surface area contributed by atoms with Crippen LogP contribution >= 0.6 is 24.8 Å². The van der Waals surface area contributed by atoms with Crippen molar-refractivity contribution in [2.24, 2.45) is 11.7 Å². The van der Waals surface area contributed by atoms with Crippen LogP contribution in [-0.2, 0) is 0 Å². The molecule has 0 bridgehead atoms. The van der Waals surface area contributed by atoms with Crippen LogP contribution in [0.5, 0.6) is 0 Å². The molecular weight excluding hydrogens is 207 g/mol. The van der Waals surface area contributed by atoms with Crippen molar-refractivity contribution in [2.75, 3.05) is 19.6 Å². The molecule has 1 aliphatic heterocycles. The summed E-state index contributed by atoms with van der Waals surface area (Å²) in [6.07, 6.45) is 5.61. The smallest absolute Gasteiger partial charge is 0.0180 e. The minimum Gasteiger partial charge on any atom is -0.326 e. The lowest BCUT2D eigenvalue weighted by atomic mass is 9.85. The Hall–Kier alpha value is 0.500. The molecular formula is C9H20Cl2N2. The number of hydrogen-bond acceptors (Lipinski definition) is 2. The van der Waals surface area contributed by atoms with E-state index in [-0.39, 0.29) is 24.8 Å². The van der Waals surface area contributed by atoms with E-state index in [4.69, 9.17) is 5.73 Å². The van der Waals surface area contributed by atoms with Crippen LogP contribution in [0.4, 0.5) is 0 Å².